The fourth-order valence-electron chi connectivity index (χ4n) is 2.01. The Morgan fingerprint density at radius 3 is 2.35 bits per heavy atom. The van der Waals surface area contributed by atoms with Gasteiger partial charge in [-0.3, -0.25) is 0 Å². The highest BCUT2D eigenvalue weighted by Crippen LogP contribution is 2.28. The van der Waals surface area contributed by atoms with Crippen LogP contribution in [-0.2, 0) is 5.54 Å². The predicted molar refractivity (Wildman–Crippen MR) is 86.0 cm³/mol. The van der Waals surface area contributed by atoms with Crippen molar-refractivity contribution in [2.24, 2.45) is 5.73 Å². The lowest BCUT2D eigenvalue weighted by Gasteiger charge is -2.27. The van der Waals surface area contributed by atoms with Crippen LogP contribution in [0.4, 0.5) is 0 Å². The minimum atomic E-state index is -0.704. The third-order valence-electron chi connectivity index (χ3n) is 3.61. The maximum absolute atomic E-state index is 9.68. The SMILES string of the molecule is Cc1ccc(SCC(N)(CO)c2ccccc2)cc1C. The van der Waals surface area contributed by atoms with Crippen molar-refractivity contribution in [2.45, 2.75) is 24.3 Å². The summed E-state index contributed by atoms with van der Waals surface area (Å²) in [6, 6.07) is 16.2. The molecule has 2 aromatic carbocycles. The summed E-state index contributed by atoms with van der Waals surface area (Å²) in [6.07, 6.45) is 0. The largest absolute Gasteiger partial charge is 0.394 e. The maximum Gasteiger partial charge on any atom is 0.0739 e. The molecule has 0 bridgehead atoms. The zero-order valence-corrected chi connectivity index (χ0v) is 12.8. The number of aryl methyl sites for hydroxylation is 2. The van der Waals surface area contributed by atoms with Crippen molar-refractivity contribution in [3.8, 4) is 0 Å². The Bertz CT molecular complexity index is 570. The van der Waals surface area contributed by atoms with E-state index in [1.165, 1.54) is 16.0 Å². The van der Waals surface area contributed by atoms with Gasteiger partial charge in [0.15, 0.2) is 0 Å². The standard InChI is InChI=1S/C17H21NOS/c1-13-8-9-16(10-14(13)2)20-12-17(18,11-19)15-6-4-3-5-7-15/h3-10,19H,11-12,18H2,1-2H3. The van der Waals surface area contributed by atoms with Crippen LogP contribution in [0.2, 0.25) is 0 Å². The summed E-state index contributed by atoms with van der Waals surface area (Å²) >= 11 is 1.68. The summed E-state index contributed by atoms with van der Waals surface area (Å²) < 4.78 is 0. The molecule has 0 aliphatic heterocycles. The molecule has 0 aliphatic rings. The van der Waals surface area contributed by atoms with Crippen LogP contribution < -0.4 is 5.73 Å². The lowest BCUT2D eigenvalue weighted by Crippen LogP contribution is -2.43. The summed E-state index contributed by atoms with van der Waals surface area (Å²) in [6.45, 7) is 4.15. The molecule has 2 aromatic rings. The second-order valence-electron chi connectivity index (χ2n) is 5.22. The molecule has 106 valence electrons. The fraction of sp³-hybridized carbons (Fsp3) is 0.294. The van der Waals surface area contributed by atoms with E-state index in [9.17, 15) is 5.11 Å². The number of nitrogens with two attached hydrogens (primary N) is 1. The molecule has 0 saturated carbocycles. The molecular weight excluding hydrogens is 266 g/mol. The van der Waals surface area contributed by atoms with Crippen LogP contribution in [0.3, 0.4) is 0 Å². The second kappa shape index (κ2) is 6.44. The molecule has 0 aromatic heterocycles. The van der Waals surface area contributed by atoms with Crippen molar-refractivity contribution in [3.05, 3.63) is 65.2 Å². The first-order chi connectivity index (χ1) is 9.55. The van der Waals surface area contributed by atoms with Gasteiger partial charge < -0.3 is 10.8 Å². The molecule has 1 unspecified atom stereocenters. The van der Waals surface area contributed by atoms with Crippen LogP contribution in [0.15, 0.2) is 53.4 Å². The van der Waals surface area contributed by atoms with Crippen LogP contribution in [0, 0.1) is 13.8 Å². The van der Waals surface area contributed by atoms with Crippen LogP contribution in [-0.4, -0.2) is 17.5 Å². The molecular formula is C17H21NOS. The van der Waals surface area contributed by atoms with Gasteiger partial charge in [-0.15, -0.1) is 11.8 Å². The van der Waals surface area contributed by atoms with E-state index in [1.807, 2.05) is 30.3 Å². The molecule has 20 heavy (non-hydrogen) atoms. The second-order valence-corrected chi connectivity index (χ2v) is 6.26. The van der Waals surface area contributed by atoms with Crippen LogP contribution in [0.5, 0.6) is 0 Å². The summed E-state index contributed by atoms with van der Waals surface area (Å²) in [5, 5.41) is 9.68. The molecule has 0 heterocycles. The third-order valence-corrected chi connectivity index (χ3v) is 4.85. The highest BCUT2D eigenvalue weighted by atomic mass is 32.2. The summed E-state index contributed by atoms with van der Waals surface area (Å²) in [5.74, 6) is 0.649. The molecule has 0 fully saturated rings. The van der Waals surface area contributed by atoms with E-state index in [0.717, 1.165) is 5.56 Å². The van der Waals surface area contributed by atoms with Gasteiger partial charge in [-0.2, -0.15) is 0 Å². The topological polar surface area (TPSA) is 46.2 Å². The lowest BCUT2D eigenvalue weighted by molar-refractivity contribution is 0.213. The maximum atomic E-state index is 9.68. The van der Waals surface area contributed by atoms with Crippen molar-refractivity contribution in [1.82, 2.24) is 0 Å². The Balaban J connectivity index is 2.13. The molecule has 0 amide bonds. The van der Waals surface area contributed by atoms with Gasteiger partial charge in [-0.25, -0.2) is 0 Å². The van der Waals surface area contributed by atoms with Gasteiger partial charge >= 0.3 is 0 Å². The molecule has 0 spiro atoms. The summed E-state index contributed by atoms with van der Waals surface area (Å²) in [4.78, 5) is 1.19. The van der Waals surface area contributed by atoms with Crippen LogP contribution >= 0.6 is 11.8 Å². The molecule has 3 heteroatoms. The van der Waals surface area contributed by atoms with Gasteiger partial charge in [0, 0.05) is 10.6 Å². The van der Waals surface area contributed by atoms with E-state index in [0.29, 0.717) is 5.75 Å². The first kappa shape index (κ1) is 15.1. The Morgan fingerprint density at radius 2 is 1.75 bits per heavy atom. The van der Waals surface area contributed by atoms with Gasteiger partial charge in [0.2, 0.25) is 0 Å². The molecule has 2 nitrogen and oxygen atoms in total. The summed E-state index contributed by atoms with van der Waals surface area (Å²) in [7, 11) is 0. The van der Waals surface area contributed by atoms with E-state index >= 15 is 0 Å². The first-order valence-electron chi connectivity index (χ1n) is 6.70. The fourth-order valence-corrected chi connectivity index (χ4v) is 3.11. The molecule has 1 atom stereocenters. The van der Waals surface area contributed by atoms with Gasteiger partial charge in [0.1, 0.15) is 0 Å². The summed E-state index contributed by atoms with van der Waals surface area (Å²) in [5.41, 5.74) is 9.20. The number of aliphatic hydroxyl groups excluding tert-OH is 1. The van der Waals surface area contributed by atoms with Gasteiger partial charge in [-0.05, 0) is 42.7 Å². The van der Waals surface area contributed by atoms with Crippen molar-refractivity contribution in [2.75, 3.05) is 12.4 Å². The van der Waals surface area contributed by atoms with Crippen molar-refractivity contribution in [3.63, 3.8) is 0 Å². The highest BCUT2D eigenvalue weighted by molar-refractivity contribution is 7.99. The number of hydrogen-bond acceptors (Lipinski definition) is 3. The van der Waals surface area contributed by atoms with Crippen LogP contribution in [0.25, 0.3) is 0 Å². The minimum absolute atomic E-state index is 0.0607. The smallest absolute Gasteiger partial charge is 0.0739 e. The molecule has 2 rings (SSSR count). The van der Waals surface area contributed by atoms with Gasteiger partial charge in [-0.1, -0.05) is 36.4 Å². The van der Waals surface area contributed by atoms with E-state index in [2.05, 4.69) is 32.0 Å². The zero-order chi connectivity index (χ0) is 14.6. The third kappa shape index (κ3) is 3.42. The Hall–Kier alpha value is -1.29. The number of benzene rings is 2. The first-order valence-corrected chi connectivity index (χ1v) is 7.69. The molecule has 0 aliphatic carbocycles. The van der Waals surface area contributed by atoms with Crippen molar-refractivity contribution < 1.29 is 5.11 Å². The highest BCUT2D eigenvalue weighted by Gasteiger charge is 2.26. The molecule has 3 N–H and O–H groups in total. The number of thioether (sulfide) groups is 1. The van der Waals surface area contributed by atoms with E-state index < -0.39 is 5.54 Å². The average molecular weight is 287 g/mol. The monoisotopic (exact) mass is 287 g/mol. The number of hydrogen-bond donors (Lipinski definition) is 2. The Morgan fingerprint density at radius 1 is 1.05 bits per heavy atom. The van der Waals surface area contributed by atoms with E-state index in [-0.39, 0.29) is 6.61 Å². The molecule has 0 saturated heterocycles. The van der Waals surface area contributed by atoms with Crippen molar-refractivity contribution in [1.29, 1.82) is 0 Å². The van der Waals surface area contributed by atoms with E-state index in [1.54, 1.807) is 11.8 Å². The lowest BCUT2D eigenvalue weighted by atomic mass is 9.94. The predicted octanol–water partition coefficient (Wildman–Crippen LogP) is 3.24. The Kier molecular flexibility index (Phi) is 4.86. The average Bonchev–Trinajstić information content (AvgIpc) is 2.49. The quantitative estimate of drug-likeness (QED) is 0.830. The minimum Gasteiger partial charge on any atom is -0.394 e. The van der Waals surface area contributed by atoms with Gasteiger partial charge in [0.25, 0.3) is 0 Å². The molecule has 0 radical (unpaired) electrons. The van der Waals surface area contributed by atoms with Gasteiger partial charge in [0.05, 0.1) is 12.1 Å². The zero-order valence-electron chi connectivity index (χ0n) is 12.0. The Labute approximate surface area is 125 Å². The normalized spacial score (nSPS) is 14.0. The number of rotatable bonds is 5. The van der Waals surface area contributed by atoms with Crippen molar-refractivity contribution >= 4 is 11.8 Å². The van der Waals surface area contributed by atoms with Crippen LogP contribution in [0.1, 0.15) is 16.7 Å². The van der Waals surface area contributed by atoms with E-state index in [4.69, 9.17) is 5.73 Å². The number of aliphatic hydroxyl groups is 1.